The second-order valence-electron chi connectivity index (χ2n) is 7.54. The number of hydrogen-bond acceptors (Lipinski definition) is 5. The molecule has 2 atom stereocenters. The van der Waals surface area contributed by atoms with Crippen molar-refractivity contribution in [2.75, 3.05) is 18.4 Å². The third kappa shape index (κ3) is 4.60. The molecule has 6 nitrogen and oxygen atoms in total. The van der Waals surface area contributed by atoms with Crippen molar-refractivity contribution < 1.29 is 13.2 Å². The van der Waals surface area contributed by atoms with E-state index in [0.29, 0.717) is 5.92 Å². The molecule has 2 aromatic rings. The molecule has 2 aliphatic heterocycles. The lowest BCUT2D eigenvalue weighted by molar-refractivity contribution is 0.0939. The van der Waals surface area contributed by atoms with E-state index in [0.717, 1.165) is 36.3 Å². The number of fused-ring (bicyclic) bond motifs is 3. The van der Waals surface area contributed by atoms with Gasteiger partial charge in [0.25, 0.3) is 0 Å². The SMILES string of the molecule is CC(C)C(=O)c1ccccc1.NS(=O)(=O)c1ccc2c(c1)C1NCCC1CN2. The fourth-order valence-corrected chi connectivity index (χ4v) is 4.20. The van der Waals surface area contributed by atoms with Crippen molar-refractivity contribution in [1.82, 2.24) is 5.32 Å². The van der Waals surface area contributed by atoms with Gasteiger partial charge in [0, 0.05) is 29.8 Å². The molecule has 4 N–H and O–H groups in total. The van der Waals surface area contributed by atoms with Crippen LogP contribution < -0.4 is 15.8 Å². The number of sulfonamides is 1. The number of rotatable bonds is 3. The maximum atomic E-state index is 11.3. The van der Waals surface area contributed by atoms with E-state index in [4.69, 9.17) is 5.14 Å². The highest BCUT2D eigenvalue weighted by atomic mass is 32.2. The van der Waals surface area contributed by atoms with Crippen LogP contribution in [0.1, 0.15) is 42.2 Å². The van der Waals surface area contributed by atoms with Gasteiger partial charge in [0.15, 0.2) is 5.78 Å². The van der Waals surface area contributed by atoms with Crippen LogP contribution in [-0.2, 0) is 10.0 Å². The molecule has 2 aromatic carbocycles. The monoisotopic (exact) mass is 401 g/mol. The number of hydrogen-bond donors (Lipinski definition) is 3. The van der Waals surface area contributed by atoms with Crippen LogP contribution in [0.15, 0.2) is 53.4 Å². The van der Waals surface area contributed by atoms with Gasteiger partial charge in [-0.1, -0.05) is 44.2 Å². The first-order valence-electron chi connectivity index (χ1n) is 9.50. The van der Waals surface area contributed by atoms with Crippen LogP contribution in [0.2, 0.25) is 0 Å². The largest absolute Gasteiger partial charge is 0.384 e. The van der Waals surface area contributed by atoms with E-state index < -0.39 is 10.0 Å². The number of anilines is 1. The van der Waals surface area contributed by atoms with Gasteiger partial charge in [0.2, 0.25) is 10.0 Å². The maximum absolute atomic E-state index is 11.3. The van der Waals surface area contributed by atoms with Gasteiger partial charge in [-0.15, -0.1) is 0 Å². The molecule has 0 aliphatic carbocycles. The van der Waals surface area contributed by atoms with E-state index in [-0.39, 0.29) is 22.6 Å². The summed E-state index contributed by atoms with van der Waals surface area (Å²) in [7, 11) is -3.62. The number of nitrogens with one attached hydrogen (secondary N) is 2. The second-order valence-corrected chi connectivity index (χ2v) is 9.10. The quantitative estimate of drug-likeness (QED) is 0.687. The van der Waals surface area contributed by atoms with Crippen molar-refractivity contribution in [2.24, 2.45) is 17.0 Å². The molecule has 0 amide bonds. The Balaban J connectivity index is 0.000000178. The van der Waals surface area contributed by atoms with E-state index >= 15 is 0 Å². The smallest absolute Gasteiger partial charge is 0.238 e. The van der Waals surface area contributed by atoms with E-state index in [2.05, 4.69) is 10.6 Å². The van der Waals surface area contributed by atoms with Crippen LogP contribution in [0.25, 0.3) is 0 Å². The second kappa shape index (κ2) is 8.43. The Morgan fingerprint density at radius 2 is 1.86 bits per heavy atom. The molecule has 150 valence electrons. The highest BCUT2D eigenvalue weighted by Gasteiger charge is 2.33. The zero-order chi connectivity index (χ0) is 20.3. The lowest BCUT2D eigenvalue weighted by Crippen LogP contribution is -2.29. The van der Waals surface area contributed by atoms with E-state index in [1.54, 1.807) is 18.2 Å². The number of ketones is 1. The van der Waals surface area contributed by atoms with Crippen LogP contribution in [0, 0.1) is 11.8 Å². The first-order chi connectivity index (χ1) is 13.3. The first kappa shape index (κ1) is 20.5. The van der Waals surface area contributed by atoms with E-state index in [1.807, 2.05) is 44.2 Å². The number of primary sulfonamides is 1. The molecule has 0 aromatic heterocycles. The van der Waals surface area contributed by atoms with Gasteiger partial charge >= 0.3 is 0 Å². The molecule has 2 heterocycles. The summed E-state index contributed by atoms with van der Waals surface area (Å²) in [4.78, 5) is 11.5. The minimum Gasteiger partial charge on any atom is -0.384 e. The Kier molecular flexibility index (Phi) is 6.17. The van der Waals surface area contributed by atoms with Gasteiger partial charge in [0.05, 0.1) is 4.90 Å². The van der Waals surface area contributed by atoms with Crippen LogP contribution >= 0.6 is 0 Å². The van der Waals surface area contributed by atoms with Crippen molar-refractivity contribution in [3.63, 3.8) is 0 Å². The Hall–Kier alpha value is -2.22. The van der Waals surface area contributed by atoms with Crippen LogP contribution in [0.4, 0.5) is 5.69 Å². The van der Waals surface area contributed by atoms with E-state index in [1.165, 1.54) is 0 Å². The lowest BCUT2D eigenvalue weighted by atomic mass is 9.89. The molecule has 0 radical (unpaired) electrons. The normalized spacial score (nSPS) is 20.4. The standard InChI is InChI=1S/C11H15N3O2S.C10H12O/c12-17(15,16)8-1-2-10-9(5-8)11-7(6-14-10)3-4-13-11;1-8(2)10(11)9-6-4-3-5-7-9/h1-2,5,7,11,13-14H,3-4,6H2,(H2,12,15,16);3-8H,1-2H3. The number of nitrogens with two attached hydrogens (primary N) is 1. The van der Waals surface area contributed by atoms with Crippen LogP contribution in [0.3, 0.4) is 0 Å². The summed E-state index contributed by atoms with van der Waals surface area (Å²) >= 11 is 0. The Bertz CT molecular complexity index is 943. The van der Waals surface area contributed by atoms with Gasteiger partial charge < -0.3 is 10.6 Å². The summed E-state index contributed by atoms with van der Waals surface area (Å²) in [6.07, 6.45) is 1.12. The molecule has 7 heteroatoms. The summed E-state index contributed by atoms with van der Waals surface area (Å²) in [6.45, 7) is 5.75. The summed E-state index contributed by atoms with van der Waals surface area (Å²) in [6, 6.07) is 14.7. The van der Waals surface area contributed by atoms with Gasteiger partial charge in [-0.25, -0.2) is 13.6 Å². The van der Waals surface area contributed by atoms with Gasteiger partial charge in [-0.05, 0) is 42.6 Å². The van der Waals surface area contributed by atoms with Crippen molar-refractivity contribution in [3.8, 4) is 0 Å². The molecule has 28 heavy (non-hydrogen) atoms. The topological polar surface area (TPSA) is 101 Å². The summed E-state index contributed by atoms with van der Waals surface area (Å²) < 4.78 is 22.7. The highest BCUT2D eigenvalue weighted by Crippen LogP contribution is 2.38. The fraction of sp³-hybridized carbons (Fsp3) is 0.381. The Morgan fingerprint density at radius 3 is 2.50 bits per heavy atom. The van der Waals surface area contributed by atoms with Gasteiger partial charge in [-0.2, -0.15) is 0 Å². The Morgan fingerprint density at radius 1 is 1.14 bits per heavy atom. The predicted octanol–water partition coefficient (Wildman–Crippen LogP) is 2.94. The summed E-state index contributed by atoms with van der Waals surface area (Å²) in [5.74, 6) is 0.848. The summed E-state index contributed by atoms with van der Waals surface area (Å²) in [5.41, 5.74) is 2.83. The molecule has 0 bridgehead atoms. The van der Waals surface area contributed by atoms with Crippen molar-refractivity contribution in [3.05, 3.63) is 59.7 Å². The van der Waals surface area contributed by atoms with Crippen molar-refractivity contribution >= 4 is 21.5 Å². The van der Waals surface area contributed by atoms with Crippen LogP contribution in [0.5, 0.6) is 0 Å². The molecule has 2 unspecified atom stereocenters. The molecule has 4 rings (SSSR count). The number of benzene rings is 2. The number of carbonyl (C=O) groups excluding carboxylic acids is 1. The summed E-state index contributed by atoms with van der Waals surface area (Å²) in [5, 5.41) is 11.9. The maximum Gasteiger partial charge on any atom is 0.238 e. The zero-order valence-electron chi connectivity index (χ0n) is 16.2. The van der Waals surface area contributed by atoms with Crippen LogP contribution in [-0.4, -0.2) is 27.3 Å². The van der Waals surface area contributed by atoms with Gasteiger partial charge in [0.1, 0.15) is 0 Å². The van der Waals surface area contributed by atoms with Crippen molar-refractivity contribution in [1.29, 1.82) is 0 Å². The molecule has 0 spiro atoms. The first-order valence-corrected chi connectivity index (χ1v) is 11.0. The third-order valence-corrected chi connectivity index (χ3v) is 6.09. The zero-order valence-corrected chi connectivity index (χ0v) is 17.0. The minimum absolute atomic E-state index is 0.0948. The molecule has 2 aliphatic rings. The third-order valence-electron chi connectivity index (χ3n) is 5.17. The van der Waals surface area contributed by atoms with Gasteiger partial charge in [-0.3, -0.25) is 4.79 Å². The fourth-order valence-electron chi connectivity index (χ4n) is 3.65. The van der Waals surface area contributed by atoms with E-state index in [9.17, 15) is 13.2 Å². The van der Waals surface area contributed by atoms with Crippen molar-refractivity contribution in [2.45, 2.75) is 31.2 Å². The molecular weight excluding hydrogens is 374 g/mol. The number of Topliss-reactive ketones (excluding diaryl/α,β-unsaturated/α-hetero) is 1. The average molecular weight is 402 g/mol. The highest BCUT2D eigenvalue weighted by molar-refractivity contribution is 7.89. The Labute approximate surface area is 166 Å². The average Bonchev–Trinajstić information content (AvgIpc) is 3.16. The molecular formula is C21H27N3O3S. The minimum atomic E-state index is -3.62. The molecule has 1 fully saturated rings. The molecule has 0 saturated carbocycles. The number of carbonyl (C=O) groups is 1. The predicted molar refractivity (Wildman–Crippen MR) is 111 cm³/mol. The lowest BCUT2D eigenvalue weighted by Gasteiger charge is -2.29. The molecule has 1 saturated heterocycles.